The second kappa shape index (κ2) is 7.10. The largest absolute Gasteiger partial charge is 0.491 e. The van der Waals surface area contributed by atoms with Gasteiger partial charge < -0.3 is 9.47 Å². The van der Waals surface area contributed by atoms with Crippen LogP contribution in [0.3, 0.4) is 0 Å². The first-order valence-corrected chi connectivity index (χ1v) is 8.20. The van der Waals surface area contributed by atoms with Gasteiger partial charge in [-0.15, -0.1) is 0 Å². The molecule has 0 aliphatic heterocycles. The van der Waals surface area contributed by atoms with Gasteiger partial charge in [-0.05, 0) is 48.6 Å². The third-order valence-corrected chi connectivity index (χ3v) is 4.27. The normalized spacial score (nSPS) is 17.3. The maximum atomic E-state index is 6.02. The van der Waals surface area contributed by atoms with E-state index in [1.807, 2.05) is 24.3 Å². The number of hydrogen-bond acceptors (Lipinski definition) is 2. The van der Waals surface area contributed by atoms with E-state index in [-0.39, 0.29) is 6.10 Å². The van der Waals surface area contributed by atoms with Crippen molar-refractivity contribution in [2.24, 2.45) is 0 Å². The highest BCUT2D eigenvalue weighted by Gasteiger charge is 2.19. The average molecular weight is 347 g/mol. The Kier molecular flexibility index (Phi) is 4.94. The molecule has 21 heavy (non-hydrogen) atoms. The molecule has 0 aromatic heterocycles. The minimum absolute atomic E-state index is 0.223. The molecule has 0 bridgehead atoms. The molecule has 1 atom stereocenters. The molecule has 3 heteroatoms. The van der Waals surface area contributed by atoms with Crippen LogP contribution >= 0.6 is 15.9 Å². The summed E-state index contributed by atoms with van der Waals surface area (Å²) in [5.74, 6) is 0.872. The molecule has 0 saturated heterocycles. The van der Waals surface area contributed by atoms with Crippen LogP contribution in [0.2, 0.25) is 0 Å². The molecule has 3 rings (SSSR count). The van der Waals surface area contributed by atoms with Crippen molar-refractivity contribution in [1.29, 1.82) is 0 Å². The van der Waals surface area contributed by atoms with Crippen LogP contribution in [0, 0.1) is 0 Å². The molecular formula is C18H19BrO2. The summed E-state index contributed by atoms with van der Waals surface area (Å²) in [5.41, 5.74) is 2.79. The highest BCUT2D eigenvalue weighted by Crippen LogP contribution is 2.32. The van der Waals surface area contributed by atoms with Crippen LogP contribution in [0.15, 0.2) is 53.0 Å². The number of ether oxygens (including phenoxy) is 2. The summed E-state index contributed by atoms with van der Waals surface area (Å²) in [6.07, 6.45) is 3.70. The fourth-order valence-electron chi connectivity index (χ4n) is 2.79. The predicted molar refractivity (Wildman–Crippen MR) is 87.7 cm³/mol. The van der Waals surface area contributed by atoms with Gasteiger partial charge in [0.05, 0.1) is 12.7 Å². The van der Waals surface area contributed by atoms with Crippen LogP contribution < -0.4 is 4.74 Å². The van der Waals surface area contributed by atoms with Crippen LogP contribution in [0.1, 0.15) is 30.1 Å². The van der Waals surface area contributed by atoms with Gasteiger partial charge in [-0.2, -0.15) is 0 Å². The van der Waals surface area contributed by atoms with Crippen molar-refractivity contribution < 1.29 is 9.47 Å². The second-order valence-electron chi connectivity index (χ2n) is 5.26. The van der Waals surface area contributed by atoms with Gasteiger partial charge in [-0.3, -0.25) is 0 Å². The minimum atomic E-state index is 0.223. The summed E-state index contributed by atoms with van der Waals surface area (Å²) in [6, 6.07) is 16.5. The molecule has 0 fully saturated rings. The zero-order valence-electron chi connectivity index (χ0n) is 11.9. The zero-order chi connectivity index (χ0) is 14.5. The lowest BCUT2D eigenvalue weighted by Gasteiger charge is -2.25. The van der Waals surface area contributed by atoms with Gasteiger partial charge in [0.15, 0.2) is 0 Å². The quantitative estimate of drug-likeness (QED) is 0.715. The van der Waals surface area contributed by atoms with E-state index in [1.54, 1.807) is 0 Å². The van der Waals surface area contributed by atoms with Crippen LogP contribution in [0.5, 0.6) is 5.75 Å². The number of fused-ring (bicyclic) bond motifs is 1. The first-order chi connectivity index (χ1) is 10.3. The van der Waals surface area contributed by atoms with Crippen molar-refractivity contribution in [3.05, 3.63) is 64.1 Å². The van der Waals surface area contributed by atoms with Crippen molar-refractivity contribution in [2.45, 2.75) is 25.4 Å². The highest BCUT2D eigenvalue weighted by atomic mass is 79.9. The van der Waals surface area contributed by atoms with Gasteiger partial charge >= 0.3 is 0 Å². The van der Waals surface area contributed by atoms with Gasteiger partial charge in [0, 0.05) is 4.47 Å². The van der Waals surface area contributed by atoms with E-state index < -0.39 is 0 Å². The van der Waals surface area contributed by atoms with E-state index in [2.05, 4.69) is 40.2 Å². The first-order valence-electron chi connectivity index (χ1n) is 7.41. The van der Waals surface area contributed by atoms with Crippen molar-refractivity contribution in [2.75, 3.05) is 13.2 Å². The molecule has 1 aliphatic rings. The van der Waals surface area contributed by atoms with Crippen molar-refractivity contribution >= 4 is 15.9 Å². The summed E-state index contributed by atoms with van der Waals surface area (Å²) in [5, 5.41) is 0. The molecule has 0 radical (unpaired) electrons. The fraction of sp³-hybridized carbons (Fsp3) is 0.333. The summed E-state index contributed by atoms with van der Waals surface area (Å²) >= 11 is 3.44. The van der Waals surface area contributed by atoms with E-state index in [4.69, 9.17) is 9.47 Å². The second-order valence-corrected chi connectivity index (χ2v) is 6.17. The molecular weight excluding hydrogens is 328 g/mol. The lowest BCUT2D eigenvalue weighted by molar-refractivity contribution is 0.0229. The number of benzene rings is 2. The maximum Gasteiger partial charge on any atom is 0.120 e. The van der Waals surface area contributed by atoms with Crippen LogP contribution in [0.4, 0.5) is 0 Å². The van der Waals surface area contributed by atoms with E-state index in [0.29, 0.717) is 13.2 Å². The summed E-state index contributed by atoms with van der Waals surface area (Å²) in [7, 11) is 0. The lowest BCUT2D eigenvalue weighted by Crippen LogP contribution is -2.16. The van der Waals surface area contributed by atoms with E-state index in [1.165, 1.54) is 24.0 Å². The Morgan fingerprint density at radius 1 is 1.05 bits per heavy atom. The summed E-state index contributed by atoms with van der Waals surface area (Å²) in [6.45, 7) is 1.20. The molecule has 0 N–H and O–H groups in total. The number of halogens is 1. The molecule has 110 valence electrons. The smallest absolute Gasteiger partial charge is 0.120 e. The Hall–Kier alpha value is -1.32. The third-order valence-electron chi connectivity index (χ3n) is 3.78. The van der Waals surface area contributed by atoms with Crippen LogP contribution in [-0.2, 0) is 11.2 Å². The van der Waals surface area contributed by atoms with E-state index in [0.717, 1.165) is 16.6 Å². The van der Waals surface area contributed by atoms with E-state index in [9.17, 15) is 0 Å². The Morgan fingerprint density at radius 2 is 1.95 bits per heavy atom. The molecule has 0 spiro atoms. The van der Waals surface area contributed by atoms with Gasteiger partial charge in [0.25, 0.3) is 0 Å². The van der Waals surface area contributed by atoms with Gasteiger partial charge in [-0.1, -0.05) is 46.3 Å². The Morgan fingerprint density at radius 3 is 2.86 bits per heavy atom. The zero-order valence-corrected chi connectivity index (χ0v) is 13.5. The molecule has 2 aromatic carbocycles. The lowest BCUT2D eigenvalue weighted by atomic mass is 9.89. The van der Waals surface area contributed by atoms with Gasteiger partial charge in [0.1, 0.15) is 12.4 Å². The molecule has 0 amide bonds. The molecule has 0 heterocycles. The van der Waals surface area contributed by atoms with Crippen LogP contribution in [-0.4, -0.2) is 13.2 Å². The average Bonchev–Trinajstić information content (AvgIpc) is 2.52. The number of hydrogen-bond donors (Lipinski definition) is 0. The van der Waals surface area contributed by atoms with Crippen molar-refractivity contribution in [1.82, 2.24) is 0 Å². The standard InChI is InChI=1S/C18H19BrO2/c19-15-7-4-8-16(13-15)20-11-12-21-18-10-3-6-14-5-1-2-9-17(14)18/h1-2,4-5,7-9,13,18H,3,6,10-12H2. The topological polar surface area (TPSA) is 18.5 Å². The third kappa shape index (κ3) is 3.86. The first kappa shape index (κ1) is 14.6. The van der Waals surface area contributed by atoms with Crippen molar-refractivity contribution in [3.63, 3.8) is 0 Å². The molecule has 2 aromatic rings. The molecule has 2 nitrogen and oxygen atoms in total. The Balaban J connectivity index is 1.50. The SMILES string of the molecule is Brc1cccc(OCCOC2CCCc3ccccc32)c1. The fourth-order valence-corrected chi connectivity index (χ4v) is 3.17. The Labute approximate surface area is 134 Å². The van der Waals surface area contributed by atoms with Gasteiger partial charge in [-0.25, -0.2) is 0 Å². The molecule has 1 aliphatic carbocycles. The summed E-state index contributed by atoms with van der Waals surface area (Å²) in [4.78, 5) is 0. The van der Waals surface area contributed by atoms with Crippen molar-refractivity contribution in [3.8, 4) is 5.75 Å². The highest BCUT2D eigenvalue weighted by molar-refractivity contribution is 9.10. The molecule has 0 saturated carbocycles. The molecule has 1 unspecified atom stereocenters. The van der Waals surface area contributed by atoms with E-state index >= 15 is 0 Å². The Bertz CT molecular complexity index is 597. The van der Waals surface area contributed by atoms with Gasteiger partial charge in [0.2, 0.25) is 0 Å². The maximum absolute atomic E-state index is 6.02. The monoisotopic (exact) mass is 346 g/mol. The minimum Gasteiger partial charge on any atom is -0.491 e. The number of rotatable bonds is 5. The summed E-state index contributed by atoms with van der Waals surface area (Å²) < 4.78 is 12.8. The predicted octanol–water partition coefficient (Wildman–Crippen LogP) is 4.92. The van der Waals surface area contributed by atoms with Crippen LogP contribution in [0.25, 0.3) is 0 Å². The number of aryl methyl sites for hydroxylation is 1.